The first-order chi connectivity index (χ1) is 9.10. The Balaban J connectivity index is 2.11. The van der Waals surface area contributed by atoms with E-state index in [0.717, 1.165) is 10.6 Å². The molecule has 100 valence electrons. The van der Waals surface area contributed by atoms with E-state index in [1.807, 2.05) is 0 Å². The summed E-state index contributed by atoms with van der Waals surface area (Å²) < 4.78 is 13.6. The maximum atomic E-state index is 13.6. The summed E-state index contributed by atoms with van der Waals surface area (Å²) in [5.41, 5.74) is 6.66. The van der Waals surface area contributed by atoms with Crippen LogP contribution >= 0.6 is 11.3 Å². The van der Waals surface area contributed by atoms with Crippen LogP contribution in [-0.4, -0.2) is 17.4 Å². The quantitative estimate of drug-likeness (QED) is 0.902. The van der Waals surface area contributed by atoms with Crippen LogP contribution in [0.3, 0.4) is 0 Å². The first-order valence-electron chi connectivity index (χ1n) is 5.82. The third-order valence-electron chi connectivity index (χ3n) is 2.52. The average molecular weight is 279 g/mol. The topological polar surface area (TPSA) is 68.0 Å². The molecule has 1 heterocycles. The van der Waals surface area contributed by atoms with E-state index >= 15 is 0 Å². The predicted molar refractivity (Wildman–Crippen MR) is 74.0 cm³/mol. The fraction of sp³-hybridized carbons (Fsp3) is 0.231. The van der Waals surface area contributed by atoms with Crippen LogP contribution in [0.2, 0.25) is 0 Å². The van der Waals surface area contributed by atoms with Crippen molar-refractivity contribution in [2.75, 3.05) is 11.9 Å². The van der Waals surface area contributed by atoms with E-state index in [1.165, 1.54) is 23.5 Å². The number of nitrogens with one attached hydrogen (secondary N) is 1. The number of hydrogen-bond donors (Lipinski definition) is 2. The molecule has 3 N–H and O–H groups in total. The Labute approximate surface area is 114 Å². The molecule has 0 unspecified atom stereocenters. The summed E-state index contributed by atoms with van der Waals surface area (Å²) in [5.74, 6) is -0.868. The number of benzene rings is 1. The van der Waals surface area contributed by atoms with Gasteiger partial charge in [-0.3, -0.25) is 4.79 Å². The molecule has 2 rings (SSSR count). The number of rotatable bonds is 4. The number of carbonyl (C=O) groups is 1. The Hall–Kier alpha value is -1.79. The molecule has 0 aliphatic rings. The van der Waals surface area contributed by atoms with Gasteiger partial charge in [-0.2, -0.15) is 0 Å². The van der Waals surface area contributed by atoms with Crippen molar-refractivity contribution in [1.82, 2.24) is 4.98 Å². The van der Waals surface area contributed by atoms with Gasteiger partial charge in [-0.25, -0.2) is 9.37 Å². The number of halogens is 1. The van der Waals surface area contributed by atoms with Gasteiger partial charge >= 0.3 is 0 Å². The van der Waals surface area contributed by atoms with Gasteiger partial charge in [0, 0.05) is 11.8 Å². The minimum Gasteiger partial charge on any atom is -0.330 e. The van der Waals surface area contributed by atoms with Crippen LogP contribution in [-0.2, 0) is 6.42 Å². The Bertz CT molecular complexity index is 597. The fourth-order valence-corrected chi connectivity index (χ4v) is 2.36. The lowest BCUT2D eigenvalue weighted by molar-refractivity contribution is 0.102. The molecule has 0 spiro atoms. The standard InChI is InChI=1S/C13H14FN3OS/c1-8-2-3-10(9(14)6-8)17-13(18)11-7-19-12(16-11)4-5-15/h2-3,6-7H,4-5,15H2,1H3,(H,17,18). The lowest BCUT2D eigenvalue weighted by Gasteiger charge is -2.05. The van der Waals surface area contributed by atoms with Gasteiger partial charge in [-0.1, -0.05) is 6.07 Å². The number of thiazole rings is 1. The van der Waals surface area contributed by atoms with Crippen LogP contribution in [0.15, 0.2) is 23.6 Å². The Morgan fingerprint density at radius 3 is 3.00 bits per heavy atom. The number of aryl methyl sites for hydroxylation is 1. The van der Waals surface area contributed by atoms with Crippen molar-refractivity contribution in [2.24, 2.45) is 5.73 Å². The molecule has 1 amide bonds. The number of amides is 1. The van der Waals surface area contributed by atoms with Gasteiger partial charge in [-0.05, 0) is 31.2 Å². The highest BCUT2D eigenvalue weighted by atomic mass is 32.1. The number of nitrogens with zero attached hydrogens (tertiary/aromatic N) is 1. The molecule has 0 aliphatic carbocycles. The lowest BCUT2D eigenvalue weighted by Crippen LogP contribution is -2.14. The molecule has 1 aromatic carbocycles. The summed E-state index contributed by atoms with van der Waals surface area (Å²) in [6, 6.07) is 4.64. The summed E-state index contributed by atoms with van der Waals surface area (Å²) in [5, 5.41) is 4.96. The molecular formula is C13H14FN3OS. The van der Waals surface area contributed by atoms with Crippen LogP contribution in [0.1, 0.15) is 21.1 Å². The van der Waals surface area contributed by atoms with Crippen LogP contribution in [0.4, 0.5) is 10.1 Å². The maximum absolute atomic E-state index is 13.6. The van der Waals surface area contributed by atoms with E-state index in [9.17, 15) is 9.18 Å². The van der Waals surface area contributed by atoms with E-state index in [1.54, 1.807) is 18.4 Å². The molecule has 0 bridgehead atoms. The molecule has 0 atom stereocenters. The minimum atomic E-state index is -0.453. The molecule has 2 aromatic rings. The summed E-state index contributed by atoms with van der Waals surface area (Å²) in [7, 11) is 0. The second-order valence-electron chi connectivity index (χ2n) is 4.10. The minimum absolute atomic E-state index is 0.156. The van der Waals surface area contributed by atoms with E-state index in [0.29, 0.717) is 13.0 Å². The van der Waals surface area contributed by atoms with Crippen molar-refractivity contribution < 1.29 is 9.18 Å². The lowest BCUT2D eigenvalue weighted by atomic mass is 10.2. The van der Waals surface area contributed by atoms with E-state index < -0.39 is 11.7 Å². The summed E-state index contributed by atoms with van der Waals surface area (Å²) in [6.45, 7) is 2.27. The highest BCUT2D eigenvalue weighted by Crippen LogP contribution is 2.17. The zero-order valence-corrected chi connectivity index (χ0v) is 11.3. The van der Waals surface area contributed by atoms with Gasteiger partial charge in [0.15, 0.2) is 0 Å². The van der Waals surface area contributed by atoms with Crippen molar-refractivity contribution >= 4 is 22.9 Å². The van der Waals surface area contributed by atoms with Gasteiger partial charge in [0.05, 0.1) is 10.7 Å². The number of anilines is 1. The first-order valence-corrected chi connectivity index (χ1v) is 6.70. The fourth-order valence-electron chi connectivity index (χ4n) is 1.56. The molecule has 1 aromatic heterocycles. The SMILES string of the molecule is Cc1ccc(NC(=O)c2csc(CCN)n2)c(F)c1. The summed E-state index contributed by atoms with van der Waals surface area (Å²) >= 11 is 1.37. The molecule has 0 fully saturated rings. The van der Waals surface area contributed by atoms with Crippen molar-refractivity contribution in [3.63, 3.8) is 0 Å². The number of carbonyl (C=O) groups excluding carboxylic acids is 1. The highest BCUT2D eigenvalue weighted by molar-refractivity contribution is 7.09. The zero-order valence-electron chi connectivity index (χ0n) is 10.4. The van der Waals surface area contributed by atoms with Gasteiger partial charge < -0.3 is 11.1 Å². The molecule has 19 heavy (non-hydrogen) atoms. The summed E-state index contributed by atoms with van der Waals surface area (Å²) in [4.78, 5) is 16.1. The molecule has 0 saturated heterocycles. The van der Waals surface area contributed by atoms with E-state index in [4.69, 9.17) is 5.73 Å². The van der Waals surface area contributed by atoms with Gasteiger partial charge in [0.1, 0.15) is 11.5 Å². The van der Waals surface area contributed by atoms with Crippen molar-refractivity contribution in [3.8, 4) is 0 Å². The highest BCUT2D eigenvalue weighted by Gasteiger charge is 2.12. The molecule has 0 aliphatic heterocycles. The third kappa shape index (κ3) is 3.36. The van der Waals surface area contributed by atoms with Crippen molar-refractivity contribution in [1.29, 1.82) is 0 Å². The normalized spacial score (nSPS) is 10.5. The third-order valence-corrected chi connectivity index (χ3v) is 3.42. The summed E-state index contributed by atoms with van der Waals surface area (Å²) in [6.07, 6.45) is 0.636. The second kappa shape index (κ2) is 5.90. The predicted octanol–water partition coefficient (Wildman–Crippen LogP) is 2.34. The van der Waals surface area contributed by atoms with Crippen LogP contribution in [0.25, 0.3) is 0 Å². The Morgan fingerprint density at radius 1 is 1.53 bits per heavy atom. The molecule has 0 saturated carbocycles. The number of nitrogens with two attached hydrogens (primary N) is 1. The molecular weight excluding hydrogens is 265 g/mol. The zero-order chi connectivity index (χ0) is 13.8. The van der Waals surface area contributed by atoms with Gasteiger partial charge in [0.25, 0.3) is 5.91 Å². The average Bonchev–Trinajstić information content (AvgIpc) is 2.82. The van der Waals surface area contributed by atoms with Crippen molar-refractivity contribution in [3.05, 3.63) is 45.7 Å². The van der Waals surface area contributed by atoms with Crippen molar-refractivity contribution in [2.45, 2.75) is 13.3 Å². The van der Waals surface area contributed by atoms with Gasteiger partial charge in [0.2, 0.25) is 0 Å². The monoisotopic (exact) mass is 279 g/mol. The first kappa shape index (κ1) is 13.6. The van der Waals surface area contributed by atoms with Gasteiger partial charge in [-0.15, -0.1) is 11.3 Å². The molecule has 4 nitrogen and oxygen atoms in total. The Kier molecular flexibility index (Phi) is 4.24. The Morgan fingerprint density at radius 2 is 2.32 bits per heavy atom. The van der Waals surface area contributed by atoms with Crippen LogP contribution in [0.5, 0.6) is 0 Å². The molecule has 0 radical (unpaired) electrons. The number of aromatic nitrogens is 1. The second-order valence-corrected chi connectivity index (χ2v) is 5.05. The smallest absolute Gasteiger partial charge is 0.275 e. The van der Waals surface area contributed by atoms with E-state index in [2.05, 4.69) is 10.3 Å². The number of hydrogen-bond acceptors (Lipinski definition) is 4. The van der Waals surface area contributed by atoms with Crippen LogP contribution < -0.4 is 11.1 Å². The van der Waals surface area contributed by atoms with Crippen LogP contribution in [0, 0.1) is 12.7 Å². The maximum Gasteiger partial charge on any atom is 0.275 e. The van der Waals surface area contributed by atoms with E-state index in [-0.39, 0.29) is 11.4 Å². The molecule has 6 heteroatoms. The largest absolute Gasteiger partial charge is 0.330 e.